The second-order valence-corrected chi connectivity index (χ2v) is 10.7. The average molecular weight is 465 g/mol. The summed E-state index contributed by atoms with van der Waals surface area (Å²) in [6.07, 6.45) is 3.06. The SMILES string of the molecule is CC[C@@H]1C[C@H]2O[C@@](C)([C@@H]1OC)n1c3ccccc3c3c4c(c5c6ccccc6n2c5c31)C(=O)CC4. The zero-order chi connectivity index (χ0) is 23.6. The van der Waals surface area contributed by atoms with Gasteiger partial charge in [-0.3, -0.25) is 4.79 Å². The monoisotopic (exact) mass is 464 g/mol. The summed E-state index contributed by atoms with van der Waals surface area (Å²) in [4.78, 5) is 13.4. The topological polar surface area (TPSA) is 45.4 Å². The molecule has 0 N–H and O–H groups in total. The van der Waals surface area contributed by atoms with Crippen LogP contribution in [0.1, 0.15) is 55.3 Å². The fraction of sp³-hybridized carbons (Fsp3) is 0.367. The molecule has 8 rings (SSSR count). The van der Waals surface area contributed by atoms with Gasteiger partial charge in [0, 0.05) is 40.6 Å². The Morgan fingerprint density at radius 2 is 1.71 bits per heavy atom. The zero-order valence-electron chi connectivity index (χ0n) is 20.3. The number of hydrogen-bond donors (Lipinski definition) is 0. The van der Waals surface area contributed by atoms with Crippen molar-refractivity contribution in [1.82, 2.24) is 9.13 Å². The minimum absolute atomic E-state index is 0.0800. The summed E-state index contributed by atoms with van der Waals surface area (Å²) >= 11 is 0. The molecule has 5 heteroatoms. The molecule has 3 aromatic carbocycles. The zero-order valence-corrected chi connectivity index (χ0v) is 20.3. The number of fused-ring (bicyclic) bond motifs is 13. The molecule has 4 atom stereocenters. The van der Waals surface area contributed by atoms with E-state index >= 15 is 0 Å². The van der Waals surface area contributed by atoms with E-state index in [1.165, 1.54) is 21.9 Å². The molecule has 176 valence electrons. The maximum atomic E-state index is 13.4. The van der Waals surface area contributed by atoms with Crippen LogP contribution in [0.4, 0.5) is 0 Å². The third kappa shape index (κ3) is 2.17. The molecule has 3 aliphatic rings. The van der Waals surface area contributed by atoms with Crippen molar-refractivity contribution in [2.75, 3.05) is 7.11 Å². The van der Waals surface area contributed by atoms with Gasteiger partial charge < -0.3 is 18.6 Å². The lowest BCUT2D eigenvalue weighted by Crippen LogP contribution is -2.53. The van der Waals surface area contributed by atoms with Crippen LogP contribution >= 0.6 is 0 Å². The van der Waals surface area contributed by atoms with E-state index in [4.69, 9.17) is 9.47 Å². The van der Waals surface area contributed by atoms with Crippen molar-refractivity contribution in [3.8, 4) is 0 Å². The second kappa shape index (κ2) is 6.54. The van der Waals surface area contributed by atoms with E-state index < -0.39 is 5.72 Å². The largest absolute Gasteiger partial charge is 0.376 e. The van der Waals surface area contributed by atoms with Gasteiger partial charge in [-0.1, -0.05) is 49.7 Å². The fourth-order valence-electron chi connectivity index (χ4n) is 7.82. The Labute approximate surface area is 203 Å². The highest BCUT2D eigenvalue weighted by Crippen LogP contribution is 2.55. The number of ether oxygens (including phenoxy) is 2. The van der Waals surface area contributed by atoms with Crippen molar-refractivity contribution in [3.05, 3.63) is 59.7 Å². The number of carbonyl (C=O) groups is 1. The van der Waals surface area contributed by atoms with E-state index in [9.17, 15) is 4.79 Å². The van der Waals surface area contributed by atoms with Crippen LogP contribution in [-0.4, -0.2) is 28.1 Å². The number of nitrogens with zero attached hydrogens (tertiary/aromatic N) is 2. The van der Waals surface area contributed by atoms with Crippen LogP contribution in [0.3, 0.4) is 0 Å². The Morgan fingerprint density at radius 3 is 2.46 bits per heavy atom. The highest BCUT2D eigenvalue weighted by atomic mass is 16.6. The smallest absolute Gasteiger partial charge is 0.171 e. The fourth-order valence-corrected chi connectivity index (χ4v) is 7.82. The number of para-hydroxylation sites is 2. The lowest BCUT2D eigenvalue weighted by molar-refractivity contribution is -0.267. The second-order valence-electron chi connectivity index (χ2n) is 10.7. The molecule has 0 amide bonds. The van der Waals surface area contributed by atoms with Gasteiger partial charge in [0.15, 0.2) is 11.5 Å². The lowest BCUT2D eigenvalue weighted by Gasteiger charge is -2.48. The molecule has 1 aliphatic carbocycles. The van der Waals surface area contributed by atoms with Gasteiger partial charge in [0.1, 0.15) is 12.3 Å². The number of hydrogen-bond acceptors (Lipinski definition) is 3. The number of aromatic nitrogens is 2. The normalized spacial score (nSPS) is 27.5. The van der Waals surface area contributed by atoms with Crippen LogP contribution in [0, 0.1) is 5.92 Å². The standard InChI is InChI=1S/C30H28N2O3/c1-4-16-15-23-31-20-11-7-5-9-17(20)26-25-19(13-14-22(25)33)24-18-10-6-8-12-21(18)32(28(24)27(26)31)30(2,35-23)29(16)34-3/h5-12,16,23,29H,4,13-15H2,1-3H3/t16-,23-,29-,30+/m1/s1. The molecule has 1 saturated heterocycles. The quantitative estimate of drug-likeness (QED) is 0.293. The number of rotatable bonds is 2. The third-order valence-corrected chi connectivity index (χ3v) is 9.09. The molecule has 0 spiro atoms. The predicted molar refractivity (Wildman–Crippen MR) is 138 cm³/mol. The van der Waals surface area contributed by atoms with Gasteiger partial charge in [0.05, 0.1) is 22.1 Å². The first-order chi connectivity index (χ1) is 17.1. The molecular formula is C30H28N2O3. The van der Waals surface area contributed by atoms with E-state index in [1.807, 2.05) is 7.11 Å². The first-order valence-corrected chi connectivity index (χ1v) is 12.8. The molecule has 2 bridgehead atoms. The van der Waals surface area contributed by atoms with E-state index in [-0.39, 0.29) is 18.1 Å². The molecule has 0 unspecified atom stereocenters. The molecule has 2 aliphatic heterocycles. The minimum atomic E-state index is -0.677. The van der Waals surface area contributed by atoms with Crippen LogP contribution in [0.25, 0.3) is 43.6 Å². The van der Waals surface area contributed by atoms with E-state index in [1.54, 1.807) is 0 Å². The van der Waals surface area contributed by atoms with Gasteiger partial charge in [0.2, 0.25) is 0 Å². The van der Waals surface area contributed by atoms with Crippen molar-refractivity contribution in [3.63, 3.8) is 0 Å². The Bertz CT molecular complexity index is 1740. The van der Waals surface area contributed by atoms with Crippen LogP contribution in [0.2, 0.25) is 0 Å². The van der Waals surface area contributed by atoms with Crippen LogP contribution in [0.15, 0.2) is 48.5 Å². The first kappa shape index (κ1) is 20.1. The molecule has 5 aromatic rings. The van der Waals surface area contributed by atoms with Crippen LogP contribution in [-0.2, 0) is 21.6 Å². The number of ketones is 1. The molecule has 0 radical (unpaired) electrons. The summed E-state index contributed by atoms with van der Waals surface area (Å²) in [5.41, 5.74) is 6.09. The highest BCUT2D eigenvalue weighted by Gasteiger charge is 2.52. The summed E-state index contributed by atoms with van der Waals surface area (Å²) in [5, 5.41) is 4.68. The van der Waals surface area contributed by atoms with Gasteiger partial charge in [-0.2, -0.15) is 0 Å². The van der Waals surface area contributed by atoms with Crippen molar-refractivity contribution < 1.29 is 14.3 Å². The summed E-state index contributed by atoms with van der Waals surface area (Å²) in [6, 6.07) is 17.2. The predicted octanol–water partition coefficient (Wildman–Crippen LogP) is 6.68. The van der Waals surface area contributed by atoms with Gasteiger partial charge in [-0.05, 0) is 43.4 Å². The van der Waals surface area contributed by atoms with Crippen LogP contribution in [0.5, 0.6) is 0 Å². The molecular weight excluding hydrogens is 436 g/mol. The Kier molecular flexibility index (Phi) is 3.75. The average Bonchev–Trinajstić information content (AvgIpc) is 3.51. The maximum Gasteiger partial charge on any atom is 0.171 e. The van der Waals surface area contributed by atoms with E-state index in [0.717, 1.165) is 52.1 Å². The summed E-state index contributed by atoms with van der Waals surface area (Å²) in [6.45, 7) is 4.46. The number of carbonyl (C=O) groups excluding carboxylic acids is 1. The van der Waals surface area contributed by atoms with Gasteiger partial charge in [-0.15, -0.1) is 0 Å². The third-order valence-electron chi connectivity index (χ3n) is 9.09. The Balaban J connectivity index is 1.72. The highest BCUT2D eigenvalue weighted by molar-refractivity contribution is 6.31. The molecule has 4 heterocycles. The molecule has 1 fully saturated rings. The summed E-state index contributed by atoms with van der Waals surface area (Å²) < 4.78 is 18.2. The van der Waals surface area contributed by atoms with Gasteiger partial charge >= 0.3 is 0 Å². The number of methoxy groups -OCH3 is 1. The summed E-state index contributed by atoms with van der Waals surface area (Å²) in [5.74, 6) is 0.612. The molecule has 2 aromatic heterocycles. The van der Waals surface area contributed by atoms with Gasteiger partial charge in [-0.25, -0.2) is 0 Å². The van der Waals surface area contributed by atoms with Crippen molar-refractivity contribution in [1.29, 1.82) is 0 Å². The maximum absolute atomic E-state index is 13.4. The van der Waals surface area contributed by atoms with E-state index in [2.05, 4.69) is 71.5 Å². The van der Waals surface area contributed by atoms with E-state index in [0.29, 0.717) is 12.3 Å². The van der Waals surface area contributed by atoms with Gasteiger partial charge in [0.25, 0.3) is 0 Å². The number of benzene rings is 3. The van der Waals surface area contributed by atoms with Crippen molar-refractivity contribution >= 4 is 49.4 Å². The van der Waals surface area contributed by atoms with Crippen molar-refractivity contribution in [2.45, 2.75) is 57.6 Å². The van der Waals surface area contributed by atoms with Crippen molar-refractivity contribution in [2.24, 2.45) is 5.92 Å². The number of aryl methyl sites for hydroxylation is 1. The Morgan fingerprint density at radius 1 is 1.00 bits per heavy atom. The molecule has 5 nitrogen and oxygen atoms in total. The van der Waals surface area contributed by atoms with Crippen LogP contribution < -0.4 is 0 Å². The lowest BCUT2D eigenvalue weighted by atomic mass is 9.85. The molecule has 0 saturated carbocycles. The number of Topliss-reactive ketones (excluding diaryl/α,β-unsaturated/α-hetero) is 1. The first-order valence-electron chi connectivity index (χ1n) is 12.8. The minimum Gasteiger partial charge on any atom is -0.376 e. The summed E-state index contributed by atoms with van der Waals surface area (Å²) in [7, 11) is 1.82. The Hall–Kier alpha value is -3.15. The molecule has 35 heavy (non-hydrogen) atoms.